The van der Waals surface area contributed by atoms with Gasteiger partial charge in [-0.15, -0.1) is 0 Å². The molecule has 0 aliphatic carbocycles. The molecule has 140 valence electrons. The van der Waals surface area contributed by atoms with Gasteiger partial charge in [0.1, 0.15) is 0 Å². The second-order valence-electron chi connectivity index (χ2n) is 6.83. The molecule has 3 amide bonds. The molecule has 0 aromatic heterocycles. The summed E-state index contributed by atoms with van der Waals surface area (Å²) in [6, 6.07) is 8.05. The van der Waals surface area contributed by atoms with Crippen molar-refractivity contribution in [1.29, 1.82) is 0 Å². The van der Waals surface area contributed by atoms with Gasteiger partial charge in [-0.1, -0.05) is 0 Å². The number of nitrogens with one attached hydrogen (secondary N) is 2. The zero-order valence-electron chi connectivity index (χ0n) is 14.9. The Morgan fingerprint density at radius 2 is 1.81 bits per heavy atom. The lowest BCUT2D eigenvalue weighted by Crippen LogP contribution is -2.34. The molecule has 0 radical (unpaired) electrons. The minimum absolute atomic E-state index is 0.0123. The fourth-order valence-corrected chi connectivity index (χ4v) is 3.56. The Morgan fingerprint density at radius 1 is 1.12 bits per heavy atom. The van der Waals surface area contributed by atoms with E-state index in [0.717, 1.165) is 18.8 Å². The first-order valence-corrected chi connectivity index (χ1v) is 9.29. The molecule has 7 nitrogen and oxygen atoms in total. The number of carbonyl (C=O) groups is 3. The van der Waals surface area contributed by atoms with Crippen LogP contribution in [0.25, 0.3) is 0 Å². The summed E-state index contributed by atoms with van der Waals surface area (Å²) in [7, 11) is 0. The Balaban J connectivity index is 1.52. The number of rotatable bonds is 8. The standard InChI is InChI=1S/C19H26N4O3/c24-14-20-8-3-9-21-19(26)15-12-18(25)23(13-15)17-6-4-16(5-7-17)22-10-1-2-11-22/h4-7,14-15H,1-3,8-13H2,(H,20,24)(H,21,26). The molecular weight excluding hydrogens is 332 g/mol. The number of anilines is 2. The van der Waals surface area contributed by atoms with Gasteiger partial charge in [0, 0.05) is 50.5 Å². The Bertz CT molecular complexity index is 641. The van der Waals surface area contributed by atoms with Crippen molar-refractivity contribution < 1.29 is 14.4 Å². The average molecular weight is 358 g/mol. The summed E-state index contributed by atoms with van der Waals surface area (Å²) in [6.45, 7) is 3.62. The topological polar surface area (TPSA) is 81.8 Å². The van der Waals surface area contributed by atoms with E-state index in [4.69, 9.17) is 0 Å². The van der Waals surface area contributed by atoms with Gasteiger partial charge in [0.15, 0.2) is 0 Å². The molecule has 0 spiro atoms. The van der Waals surface area contributed by atoms with E-state index in [0.29, 0.717) is 32.5 Å². The first kappa shape index (κ1) is 18.2. The van der Waals surface area contributed by atoms with Crippen LogP contribution in [0.3, 0.4) is 0 Å². The van der Waals surface area contributed by atoms with Crippen LogP contribution in [0.15, 0.2) is 24.3 Å². The van der Waals surface area contributed by atoms with Crippen LogP contribution in [-0.4, -0.2) is 50.9 Å². The lowest BCUT2D eigenvalue weighted by atomic mass is 10.1. The fraction of sp³-hybridized carbons (Fsp3) is 0.526. The van der Waals surface area contributed by atoms with Crippen LogP contribution in [-0.2, 0) is 14.4 Å². The van der Waals surface area contributed by atoms with Crippen molar-refractivity contribution in [3.05, 3.63) is 24.3 Å². The van der Waals surface area contributed by atoms with Crippen LogP contribution < -0.4 is 20.4 Å². The molecule has 2 fully saturated rings. The molecule has 2 saturated heterocycles. The van der Waals surface area contributed by atoms with E-state index in [9.17, 15) is 14.4 Å². The van der Waals surface area contributed by atoms with Crippen LogP contribution in [0.4, 0.5) is 11.4 Å². The van der Waals surface area contributed by atoms with Crippen LogP contribution in [0.2, 0.25) is 0 Å². The van der Waals surface area contributed by atoms with E-state index >= 15 is 0 Å². The highest BCUT2D eigenvalue weighted by atomic mass is 16.2. The van der Waals surface area contributed by atoms with E-state index < -0.39 is 0 Å². The highest BCUT2D eigenvalue weighted by Crippen LogP contribution is 2.28. The van der Waals surface area contributed by atoms with Gasteiger partial charge < -0.3 is 20.4 Å². The summed E-state index contributed by atoms with van der Waals surface area (Å²) in [4.78, 5) is 38.8. The Hall–Kier alpha value is -2.57. The van der Waals surface area contributed by atoms with Gasteiger partial charge in [-0.05, 0) is 43.5 Å². The van der Waals surface area contributed by atoms with Crippen molar-refractivity contribution in [2.45, 2.75) is 25.7 Å². The molecule has 0 saturated carbocycles. The fourth-order valence-electron chi connectivity index (χ4n) is 3.56. The van der Waals surface area contributed by atoms with E-state index in [2.05, 4.69) is 27.7 Å². The molecule has 2 aliphatic heterocycles. The number of hydrogen-bond acceptors (Lipinski definition) is 4. The monoisotopic (exact) mass is 358 g/mol. The van der Waals surface area contributed by atoms with Crippen LogP contribution in [0.5, 0.6) is 0 Å². The van der Waals surface area contributed by atoms with Gasteiger partial charge in [0.2, 0.25) is 18.2 Å². The summed E-state index contributed by atoms with van der Waals surface area (Å²) >= 11 is 0. The largest absolute Gasteiger partial charge is 0.372 e. The summed E-state index contributed by atoms with van der Waals surface area (Å²) in [5.41, 5.74) is 2.04. The predicted octanol–water partition coefficient (Wildman–Crippen LogP) is 0.892. The third kappa shape index (κ3) is 4.33. The Morgan fingerprint density at radius 3 is 2.50 bits per heavy atom. The number of benzene rings is 1. The van der Waals surface area contributed by atoms with Gasteiger partial charge in [-0.25, -0.2) is 0 Å². The molecule has 1 atom stereocenters. The van der Waals surface area contributed by atoms with Crippen molar-refractivity contribution >= 4 is 29.6 Å². The summed E-state index contributed by atoms with van der Waals surface area (Å²) < 4.78 is 0. The average Bonchev–Trinajstić information content (AvgIpc) is 3.31. The molecule has 7 heteroatoms. The maximum atomic E-state index is 12.3. The van der Waals surface area contributed by atoms with Crippen molar-refractivity contribution in [2.75, 3.05) is 42.5 Å². The predicted molar refractivity (Wildman–Crippen MR) is 100 cm³/mol. The van der Waals surface area contributed by atoms with Gasteiger partial charge in [-0.2, -0.15) is 0 Å². The minimum atomic E-state index is -0.320. The third-order valence-electron chi connectivity index (χ3n) is 5.01. The van der Waals surface area contributed by atoms with E-state index in [1.54, 1.807) is 4.90 Å². The molecule has 26 heavy (non-hydrogen) atoms. The smallest absolute Gasteiger partial charge is 0.227 e. The van der Waals surface area contributed by atoms with E-state index in [-0.39, 0.29) is 24.2 Å². The van der Waals surface area contributed by atoms with Crippen molar-refractivity contribution in [3.8, 4) is 0 Å². The zero-order valence-corrected chi connectivity index (χ0v) is 14.9. The van der Waals surface area contributed by atoms with Crippen molar-refractivity contribution in [3.63, 3.8) is 0 Å². The molecule has 1 unspecified atom stereocenters. The minimum Gasteiger partial charge on any atom is -0.372 e. The summed E-state index contributed by atoms with van der Waals surface area (Å²) in [5, 5.41) is 5.40. The normalized spacial score (nSPS) is 19.7. The molecule has 2 N–H and O–H groups in total. The van der Waals surface area contributed by atoms with E-state index in [1.165, 1.54) is 18.5 Å². The van der Waals surface area contributed by atoms with Crippen LogP contribution >= 0.6 is 0 Å². The highest BCUT2D eigenvalue weighted by Gasteiger charge is 2.34. The lowest BCUT2D eigenvalue weighted by molar-refractivity contribution is -0.126. The van der Waals surface area contributed by atoms with Crippen molar-refractivity contribution in [2.24, 2.45) is 5.92 Å². The van der Waals surface area contributed by atoms with Crippen molar-refractivity contribution in [1.82, 2.24) is 10.6 Å². The maximum Gasteiger partial charge on any atom is 0.227 e. The highest BCUT2D eigenvalue weighted by molar-refractivity contribution is 6.00. The number of nitrogens with zero attached hydrogens (tertiary/aromatic N) is 2. The first-order chi connectivity index (χ1) is 12.7. The number of amides is 3. The first-order valence-electron chi connectivity index (χ1n) is 9.29. The van der Waals surface area contributed by atoms with Gasteiger partial charge in [0.25, 0.3) is 0 Å². The Labute approximate surface area is 153 Å². The van der Waals surface area contributed by atoms with Gasteiger partial charge >= 0.3 is 0 Å². The SMILES string of the molecule is O=CNCCCNC(=O)C1CC(=O)N(c2ccc(N3CCCC3)cc2)C1. The second kappa shape index (κ2) is 8.69. The molecule has 0 bridgehead atoms. The van der Waals surface area contributed by atoms with Crippen LogP contribution in [0.1, 0.15) is 25.7 Å². The molecule has 2 heterocycles. The summed E-state index contributed by atoms with van der Waals surface area (Å²) in [6.07, 6.45) is 4.02. The quantitative estimate of drug-likeness (QED) is 0.534. The molecule has 1 aromatic rings. The van der Waals surface area contributed by atoms with Gasteiger partial charge in [0.05, 0.1) is 5.92 Å². The number of carbonyl (C=O) groups excluding carboxylic acids is 3. The maximum absolute atomic E-state index is 12.3. The molecular formula is C19H26N4O3. The lowest BCUT2D eigenvalue weighted by Gasteiger charge is -2.20. The molecule has 1 aromatic carbocycles. The zero-order chi connectivity index (χ0) is 18.4. The van der Waals surface area contributed by atoms with Gasteiger partial charge in [-0.3, -0.25) is 14.4 Å². The van der Waals surface area contributed by atoms with E-state index in [1.807, 2.05) is 12.1 Å². The Kier molecular flexibility index (Phi) is 6.09. The molecule has 3 rings (SSSR count). The van der Waals surface area contributed by atoms with Crippen LogP contribution in [0, 0.1) is 5.92 Å². The molecule has 2 aliphatic rings. The second-order valence-corrected chi connectivity index (χ2v) is 6.83. The third-order valence-corrected chi connectivity index (χ3v) is 5.01. The number of hydrogen-bond donors (Lipinski definition) is 2. The summed E-state index contributed by atoms with van der Waals surface area (Å²) in [5.74, 6) is -0.429.